The van der Waals surface area contributed by atoms with Crippen LogP contribution in [0.5, 0.6) is 0 Å². The van der Waals surface area contributed by atoms with Gasteiger partial charge in [0, 0.05) is 30.8 Å². The molecule has 3 heterocycles. The van der Waals surface area contributed by atoms with E-state index in [9.17, 15) is 4.79 Å². The summed E-state index contributed by atoms with van der Waals surface area (Å²) in [5.41, 5.74) is 2.63. The van der Waals surface area contributed by atoms with Gasteiger partial charge in [-0.2, -0.15) is 5.10 Å². The fourth-order valence-electron chi connectivity index (χ4n) is 3.21. The van der Waals surface area contributed by atoms with Gasteiger partial charge in [-0.15, -0.1) is 0 Å². The molecule has 2 aromatic heterocycles. The maximum Gasteiger partial charge on any atom is 0.253 e. The Morgan fingerprint density at radius 3 is 2.83 bits per heavy atom. The highest BCUT2D eigenvalue weighted by molar-refractivity contribution is 5.94. The van der Waals surface area contributed by atoms with Crippen LogP contribution in [-0.4, -0.2) is 38.5 Å². The van der Waals surface area contributed by atoms with Crippen molar-refractivity contribution in [3.8, 4) is 0 Å². The van der Waals surface area contributed by atoms with Gasteiger partial charge in [-0.05, 0) is 37.1 Å². The molecule has 1 unspecified atom stereocenters. The van der Waals surface area contributed by atoms with E-state index < -0.39 is 0 Å². The first-order valence-electron chi connectivity index (χ1n) is 7.96. The largest absolute Gasteiger partial charge is 0.338 e. The van der Waals surface area contributed by atoms with E-state index in [1.165, 1.54) is 0 Å². The minimum absolute atomic E-state index is 0.109. The van der Waals surface area contributed by atoms with E-state index in [2.05, 4.69) is 10.1 Å². The zero-order valence-electron chi connectivity index (χ0n) is 12.8. The molecule has 1 fully saturated rings. The molecule has 0 saturated carbocycles. The second-order valence-electron chi connectivity index (χ2n) is 5.95. The number of piperidine rings is 1. The first kappa shape index (κ1) is 13.9. The number of rotatable bonds is 2. The minimum Gasteiger partial charge on any atom is -0.338 e. The molecule has 1 atom stereocenters. The van der Waals surface area contributed by atoms with Gasteiger partial charge in [-0.3, -0.25) is 4.79 Å². The zero-order chi connectivity index (χ0) is 15.6. The van der Waals surface area contributed by atoms with Crippen molar-refractivity contribution in [1.82, 2.24) is 19.5 Å². The van der Waals surface area contributed by atoms with Crippen LogP contribution in [0.2, 0.25) is 0 Å². The van der Waals surface area contributed by atoms with Crippen molar-refractivity contribution in [2.45, 2.75) is 18.8 Å². The minimum atomic E-state index is 0.109. The van der Waals surface area contributed by atoms with Crippen LogP contribution in [0, 0.1) is 0 Å². The number of hydrogen-bond donors (Lipinski definition) is 0. The maximum atomic E-state index is 12.6. The van der Waals surface area contributed by atoms with Crippen molar-refractivity contribution < 1.29 is 4.79 Å². The SMILES string of the molecule is O=C(c1ccccc1)N1CCCC(c2cn3ncccc3n2)C1. The van der Waals surface area contributed by atoms with Crippen molar-refractivity contribution >= 4 is 11.6 Å². The molecule has 0 bridgehead atoms. The molecule has 0 spiro atoms. The van der Waals surface area contributed by atoms with Gasteiger partial charge in [0.05, 0.1) is 11.9 Å². The number of benzene rings is 1. The maximum absolute atomic E-state index is 12.6. The molecule has 1 aliphatic heterocycles. The summed E-state index contributed by atoms with van der Waals surface area (Å²) in [6.07, 6.45) is 5.80. The molecular weight excluding hydrogens is 288 g/mol. The Bertz CT molecular complexity index is 794. The van der Waals surface area contributed by atoms with E-state index in [0.717, 1.165) is 42.8 Å². The Balaban J connectivity index is 1.56. The lowest BCUT2D eigenvalue weighted by Crippen LogP contribution is -2.39. The molecule has 1 aromatic carbocycles. The highest BCUT2D eigenvalue weighted by atomic mass is 16.2. The van der Waals surface area contributed by atoms with Gasteiger partial charge in [-0.25, -0.2) is 9.50 Å². The number of amides is 1. The van der Waals surface area contributed by atoms with Crippen molar-refractivity contribution in [3.05, 3.63) is 66.1 Å². The molecule has 5 nitrogen and oxygen atoms in total. The summed E-state index contributed by atoms with van der Waals surface area (Å²) in [5.74, 6) is 0.385. The summed E-state index contributed by atoms with van der Waals surface area (Å²) >= 11 is 0. The normalized spacial score (nSPS) is 18.3. The fourth-order valence-corrected chi connectivity index (χ4v) is 3.21. The van der Waals surface area contributed by atoms with Crippen molar-refractivity contribution in [1.29, 1.82) is 0 Å². The average Bonchev–Trinajstić information content (AvgIpc) is 3.06. The highest BCUT2D eigenvalue weighted by Gasteiger charge is 2.27. The van der Waals surface area contributed by atoms with Crippen LogP contribution in [0.25, 0.3) is 5.65 Å². The number of hydrogen-bond acceptors (Lipinski definition) is 3. The van der Waals surface area contributed by atoms with E-state index in [1.807, 2.05) is 53.6 Å². The first-order valence-corrected chi connectivity index (χ1v) is 7.96. The number of carbonyl (C=O) groups excluding carboxylic acids is 1. The molecule has 4 rings (SSSR count). The van der Waals surface area contributed by atoms with Gasteiger partial charge in [0.15, 0.2) is 5.65 Å². The number of carbonyl (C=O) groups is 1. The molecule has 23 heavy (non-hydrogen) atoms. The highest BCUT2D eigenvalue weighted by Crippen LogP contribution is 2.27. The van der Waals surface area contributed by atoms with E-state index in [0.29, 0.717) is 0 Å². The first-order chi connectivity index (χ1) is 11.3. The summed E-state index contributed by atoms with van der Waals surface area (Å²) < 4.78 is 1.80. The number of likely N-dealkylation sites (tertiary alicyclic amines) is 1. The molecule has 0 N–H and O–H groups in total. The molecule has 1 saturated heterocycles. The molecular formula is C18H18N4O. The van der Waals surface area contributed by atoms with Gasteiger partial charge < -0.3 is 4.90 Å². The molecule has 1 aliphatic rings. The van der Waals surface area contributed by atoms with Crippen LogP contribution >= 0.6 is 0 Å². The van der Waals surface area contributed by atoms with Gasteiger partial charge in [0.1, 0.15) is 0 Å². The quantitative estimate of drug-likeness (QED) is 0.731. The lowest BCUT2D eigenvalue weighted by molar-refractivity contribution is 0.0706. The second-order valence-corrected chi connectivity index (χ2v) is 5.95. The van der Waals surface area contributed by atoms with Crippen LogP contribution in [-0.2, 0) is 0 Å². The second kappa shape index (κ2) is 5.83. The Morgan fingerprint density at radius 2 is 2.00 bits per heavy atom. The van der Waals surface area contributed by atoms with E-state index in [1.54, 1.807) is 10.7 Å². The van der Waals surface area contributed by atoms with Crippen LogP contribution in [0.15, 0.2) is 54.9 Å². The predicted molar refractivity (Wildman–Crippen MR) is 87.3 cm³/mol. The standard InChI is InChI=1S/C18H18N4O/c23-18(14-6-2-1-3-7-14)21-11-5-8-15(12-21)16-13-22-17(20-16)9-4-10-19-22/h1-4,6-7,9-10,13,15H,5,8,11-12H2. The van der Waals surface area contributed by atoms with E-state index in [4.69, 9.17) is 0 Å². The zero-order valence-corrected chi connectivity index (χ0v) is 12.8. The topological polar surface area (TPSA) is 50.5 Å². The van der Waals surface area contributed by atoms with Gasteiger partial charge in [0.25, 0.3) is 5.91 Å². The number of imidazole rings is 1. The summed E-state index contributed by atoms with van der Waals surface area (Å²) in [6, 6.07) is 13.3. The van der Waals surface area contributed by atoms with E-state index in [-0.39, 0.29) is 11.8 Å². The Hall–Kier alpha value is -2.69. The molecule has 0 aliphatic carbocycles. The van der Waals surface area contributed by atoms with Gasteiger partial charge in [-0.1, -0.05) is 18.2 Å². The Kier molecular flexibility index (Phi) is 3.54. The average molecular weight is 306 g/mol. The smallest absolute Gasteiger partial charge is 0.253 e. The monoisotopic (exact) mass is 306 g/mol. The molecule has 1 amide bonds. The Labute approximate surface area is 134 Å². The summed E-state index contributed by atoms with van der Waals surface area (Å²) in [5, 5.41) is 4.27. The number of fused-ring (bicyclic) bond motifs is 1. The van der Waals surface area contributed by atoms with Crippen molar-refractivity contribution in [2.75, 3.05) is 13.1 Å². The van der Waals surface area contributed by atoms with Gasteiger partial charge >= 0.3 is 0 Å². The molecule has 3 aromatic rings. The molecule has 116 valence electrons. The van der Waals surface area contributed by atoms with Crippen LogP contribution < -0.4 is 0 Å². The predicted octanol–water partition coefficient (Wildman–Crippen LogP) is 2.75. The Morgan fingerprint density at radius 1 is 1.13 bits per heavy atom. The van der Waals surface area contributed by atoms with Crippen LogP contribution in [0.3, 0.4) is 0 Å². The van der Waals surface area contributed by atoms with Gasteiger partial charge in [0.2, 0.25) is 0 Å². The van der Waals surface area contributed by atoms with Crippen molar-refractivity contribution in [3.63, 3.8) is 0 Å². The van der Waals surface area contributed by atoms with Crippen LogP contribution in [0.4, 0.5) is 0 Å². The molecule has 0 radical (unpaired) electrons. The lowest BCUT2D eigenvalue weighted by Gasteiger charge is -2.32. The third-order valence-corrected chi connectivity index (χ3v) is 4.40. The summed E-state index contributed by atoms with van der Waals surface area (Å²) in [7, 11) is 0. The third kappa shape index (κ3) is 2.70. The van der Waals surface area contributed by atoms with Crippen molar-refractivity contribution in [2.24, 2.45) is 0 Å². The summed E-state index contributed by atoms with van der Waals surface area (Å²) in [4.78, 5) is 19.2. The number of aromatic nitrogens is 3. The van der Waals surface area contributed by atoms with E-state index >= 15 is 0 Å². The third-order valence-electron chi connectivity index (χ3n) is 4.40. The summed E-state index contributed by atoms with van der Waals surface area (Å²) in [6.45, 7) is 1.54. The molecule has 5 heteroatoms. The number of nitrogens with zero attached hydrogens (tertiary/aromatic N) is 4. The van der Waals surface area contributed by atoms with Crippen LogP contribution in [0.1, 0.15) is 34.8 Å². The lowest BCUT2D eigenvalue weighted by atomic mass is 9.95. The fraction of sp³-hybridized carbons (Fsp3) is 0.278.